The Bertz CT molecular complexity index is 608. The number of aryl methyl sites for hydroxylation is 1. The van der Waals surface area contributed by atoms with E-state index in [2.05, 4.69) is 4.98 Å². The normalized spacial score (nSPS) is 10.6. The van der Waals surface area contributed by atoms with E-state index in [0.717, 1.165) is 0 Å². The fourth-order valence-corrected chi connectivity index (χ4v) is 1.60. The lowest BCUT2D eigenvalue weighted by Crippen LogP contribution is -2.05. The SMILES string of the molecule is Cn1c([N+](=O)[O-])cnc1-n1ccn(C)c1=S. The molecule has 2 aromatic rings. The lowest BCUT2D eigenvalue weighted by Gasteiger charge is -1.98. The fourth-order valence-electron chi connectivity index (χ4n) is 1.40. The van der Waals surface area contributed by atoms with Crippen LogP contribution in [0.2, 0.25) is 0 Å². The maximum Gasteiger partial charge on any atom is 0.344 e. The van der Waals surface area contributed by atoms with Gasteiger partial charge in [0.1, 0.15) is 6.20 Å². The van der Waals surface area contributed by atoms with Gasteiger partial charge in [-0.2, -0.15) is 9.55 Å². The van der Waals surface area contributed by atoms with Crippen molar-refractivity contribution in [1.82, 2.24) is 18.7 Å². The Labute approximate surface area is 95.7 Å². The highest BCUT2D eigenvalue weighted by Gasteiger charge is 2.18. The van der Waals surface area contributed by atoms with Crippen molar-refractivity contribution in [3.05, 3.63) is 33.5 Å². The lowest BCUT2D eigenvalue weighted by molar-refractivity contribution is -0.391. The van der Waals surface area contributed by atoms with Crippen molar-refractivity contribution in [2.24, 2.45) is 14.1 Å². The second-order valence-electron chi connectivity index (χ2n) is 3.29. The van der Waals surface area contributed by atoms with Crippen LogP contribution in [-0.2, 0) is 14.1 Å². The molecule has 2 heterocycles. The second kappa shape index (κ2) is 3.56. The van der Waals surface area contributed by atoms with Crippen LogP contribution in [0.15, 0.2) is 18.6 Å². The molecule has 0 radical (unpaired) electrons. The average molecular weight is 239 g/mol. The molecule has 0 saturated heterocycles. The zero-order valence-electron chi connectivity index (χ0n) is 8.69. The van der Waals surface area contributed by atoms with E-state index in [1.807, 2.05) is 0 Å². The van der Waals surface area contributed by atoms with Crippen LogP contribution in [-0.4, -0.2) is 23.6 Å². The highest BCUT2D eigenvalue weighted by Crippen LogP contribution is 2.15. The Hall–Kier alpha value is -1.96. The molecule has 0 atom stereocenters. The molecule has 16 heavy (non-hydrogen) atoms. The first kappa shape index (κ1) is 10.6. The minimum atomic E-state index is -0.483. The molecule has 8 heteroatoms. The van der Waals surface area contributed by atoms with Gasteiger partial charge in [-0.1, -0.05) is 0 Å². The van der Waals surface area contributed by atoms with E-state index >= 15 is 0 Å². The monoisotopic (exact) mass is 239 g/mol. The summed E-state index contributed by atoms with van der Waals surface area (Å²) in [5.41, 5.74) is 0. The molecule has 0 N–H and O–H groups in total. The summed E-state index contributed by atoms with van der Waals surface area (Å²) in [5, 5.41) is 10.7. The number of nitro groups is 1. The average Bonchev–Trinajstić information content (AvgIpc) is 2.73. The number of hydrogen-bond donors (Lipinski definition) is 0. The molecule has 0 saturated carbocycles. The van der Waals surface area contributed by atoms with Gasteiger partial charge in [0.05, 0.1) is 7.05 Å². The van der Waals surface area contributed by atoms with E-state index in [9.17, 15) is 10.1 Å². The molecular weight excluding hydrogens is 230 g/mol. The van der Waals surface area contributed by atoms with Crippen LogP contribution in [0.3, 0.4) is 0 Å². The van der Waals surface area contributed by atoms with Gasteiger partial charge in [-0.25, -0.2) is 4.57 Å². The summed E-state index contributed by atoms with van der Waals surface area (Å²) in [5.74, 6) is 0.359. The summed E-state index contributed by atoms with van der Waals surface area (Å²) in [6.45, 7) is 0. The summed E-state index contributed by atoms with van der Waals surface area (Å²) in [4.78, 5) is 14.2. The number of aromatic nitrogens is 4. The topological polar surface area (TPSA) is 70.8 Å². The third-order valence-corrected chi connectivity index (χ3v) is 2.77. The third-order valence-electron chi connectivity index (χ3n) is 2.29. The predicted molar refractivity (Wildman–Crippen MR) is 59.0 cm³/mol. The quantitative estimate of drug-likeness (QED) is 0.448. The molecule has 0 aliphatic carbocycles. The Morgan fingerprint density at radius 1 is 1.44 bits per heavy atom. The summed E-state index contributed by atoms with van der Waals surface area (Å²) < 4.78 is 5.26. The van der Waals surface area contributed by atoms with Gasteiger partial charge in [0.15, 0.2) is 4.77 Å². The van der Waals surface area contributed by atoms with Gasteiger partial charge in [-0.05, 0) is 17.1 Å². The van der Waals surface area contributed by atoms with Crippen molar-refractivity contribution in [3.63, 3.8) is 0 Å². The Morgan fingerprint density at radius 2 is 2.12 bits per heavy atom. The first-order valence-corrected chi connectivity index (χ1v) is 4.83. The molecule has 0 fully saturated rings. The molecule has 0 amide bonds. The molecule has 0 unspecified atom stereocenters. The minimum Gasteiger partial charge on any atom is -0.358 e. The lowest BCUT2D eigenvalue weighted by atomic mass is 10.7. The smallest absolute Gasteiger partial charge is 0.344 e. The van der Waals surface area contributed by atoms with Gasteiger partial charge in [0.2, 0.25) is 0 Å². The predicted octanol–water partition coefficient (Wildman–Crippen LogP) is 1.19. The largest absolute Gasteiger partial charge is 0.358 e. The van der Waals surface area contributed by atoms with Crippen LogP contribution < -0.4 is 0 Å². The highest BCUT2D eigenvalue weighted by molar-refractivity contribution is 7.71. The number of imidazole rings is 2. The van der Waals surface area contributed by atoms with Crippen LogP contribution in [0.4, 0.5) is 5.82 Å². The van der Waals surface area contributed by atoms with E-state index < -0.39 is 4.92 Å². The van der Waals surface area contributed by atoms with E-state index in [0.29, 0.717) is 10.7 Å². The summed E-state index contributed by atoms with van der Waals surface area (Å²) in [6.07, 6.45) is 4.70. The van der Waals surface area contributed by atoms with Gasteiger partial charge in [0.25, 0.3) is 0 Å². The van der Waals surface area contributed by atoms with Crippen molar-refractivity contribution in [2.45, 2.75) is 0 Å². The van der Waals surface area contributed by atoms with Crippen molar-refractivity contribution < 1.29 is 4.92 Å². The van der Waals surface area contributed by atoms with Gasteiger partial charge in [-0.15, -0.1) is 0 Å². The Morgan fingerprint density at radius 3 is 2.56 bits per heavy atom. The third kappa shape index (κ3) is 1.43. The molecule has 0 aliphatic heterocycles. The van der Waals surface area contributed by atoms with Crippen molar-refractivity contribution >= 4 is 18.0 Å². The zero-order valence-corrected chi connectivity index (χ0v) is 9.51. The summed E-state index contributed by atoms with van der Waals surface area (Å²) >= 11 is 5.15. The van der Waals surface area contributed by atoms with Crippen molar-refractivity contribution in [2.75, 3.05) is 0 Å². The van der Waals surface area contributed by atoms with Gasteiger partial charge in [0, 0.05) is 19.4 Å². The number of rotatable bonds is 2. The zero-order chi connectivity index (χ0) is 11.9. The Balaban J connectivity index is 2.62. The summed E-state index contributed by atoms with van der Waals surface area (Å²) in [7, 11) is 3.38. The van der Waals surface area contributed by atoms with Crippen LogP contribution >= 0.6 is 12.2 Å². The standard InChI is InChI=1S/C8H9N5O2S/c1-10-3-4-12(8(10)16)7-9-5-6(11(7)2)13(14)15/h3-5H,1-2H3. The maximum absolute atomic E-state index is 10.7. The summed E-state index contributed by atoms with van der Waals surface area (Å²) in [6, 6.07) is 0. The number of nitrogens with zero attached hydrogens (tertiary/aromatic N) is 5. The minimum absolute atomic E-state index is 0.0687. The molecule has 2 rings (SSSR count). The van der Waals surface area contributed by atoms with Gasteiger partial charge >= 0.3 is 11.8 Å². The van der Waals surface area contributed by atoms with Gasteiger partial charge < -0.3 is 14.7 Å². The van der Waals surface area contributed by atoms with Crippen molar-refractivity contribution in [3.8, 4) is 5.95 Å². The van der Waals surface area contributed by atoms with Crippen molar-refractivity contribution in [1.29, 1.82) is 0 Å². The van der Waals surface area contributed by atoms with Crippen LogP contribution in [0, 0.1) is 14.9 Å². The fraction of sp³-hybridized carbons (Fsp3) is 0.250. The molecule has 0 aliphatic rings. The second-order valence-corrected chi connectivity index (χ2v) is 3.66. The molecule has 0 spiro atoms. The van der Waals surface area contributed by atoms with E-state index in [1.165, 1.54) is 10.8 Å². The van der Waals surface area contributed by atoms with E-state index in [4.69, 9.17) is 12.2 Å². The molecular formula is C8H9N5O2S. The molecule has 2 aromatic heterocycles. The first-order valence-electron chi connectivity index (χ1n) is 4.43. The maximum atomic E-state index is 10.7. The van der Waals surface area contributed by atoms with Crippen LogP contribution in [0.25, 0.3) is 5.95 Å². The van der Waals surface area contributed by atoms with E-state index in [1.54, 1.807) is 35.6 Å². The van der Waals surface area contributed by atoms with E-state index in [-0.39, 0.29) is 5.82 Å². The van der Waals surface area contributed by atoms with Crippen LogP contribution in [0.5, 0.6) is 0 Å². The molecule has 7 nitrogen and oxygen atoms in total. The first-order chi connectivity index (χ1) is 7.52. The number of hydrogen-bond acceptors (Lipinski definition) is 4. The Kier molecular flexibility index (Phi) is 2.35. The highest BCUT2D eigenvalue weighted by atomic mass is 32.1. The van der Waals surface area contributed by atoms with Gasteiger partial charge in [-0.3, -0.25) is 0 Å². The molecule has 0 bridgehead atoms. The molecule has 84 valence electrons. The van der Waals surface area contributed by atoms with Crippen LogP contribution in [0.1, 0.15) is 0 Å². The molecule has 0 aromatic carbocycles.